The summed E-state index contributed by atoms with van der Waals surface area (Å²) in [4.78, 5) is 21.5. The van der Waals surface area contributed by atoms with Gasteiger partial charge in [0.1, 0.15) is 12.0 Å². The van der Waals surface area contributed by atoms with Crippen LogP contribution in [0.25, 0.3) is 0 Å². The molecule has 0 saturated carbocycles. The van der Waals surface area contributed by atoms with Crippen molar-refractivity contribution in [2.45, 2.75) is 27.0 Å². The second-order valence-electron chi connectivity index (χ2n) is 2.52. The molecule has 1 amide bonds. The van der Waals surface area contributed by atoms with Gasteiger partial charge in [0.05, 0.1) is 5.92 Å². The number of aliphatic hydroxyl groups is 1. The summed E-state index contributed by atoms with van der Waals surface area (Å²) >= 11 is 0. The van der Waals surface area contributed by atoms with Gasteiger partial charge in [-0.05, 0) is 20.8 Å². The number of hydrogen-bond acceptors (Lipinski definition) is 3. The molecule has 0 fully saturated rings. The monoisotopic (exact) mass is 159 g/mol. The maximum Gasteiger partial charge on any atom is 0.232 e. The number of hydrogen-bond donors (Lipinski definition) is 2. The lowest BCUT2D eigenvalue weighted by Crippen LogP contribution is -2.38. The van der Waals surface area contributed by atoms with E-state index in [1.165, 1.54) is 20.8 Å². The molecule has 0 spiro atoms. The maximum absolute atomic E-state index is 10.9. The van der Waals surface area contributed by atoms with Crippen molar-refractivity contribution in [2.75, 3.05) is 0 Å². The Morgan fingerprint density at radius 2 is 1.82 bits per heavy atom. The zero-order valence-electron chi connectivity index (χ0n) is 6.92. The van der Waals surface area contributed by atoms with Gasteiger partial charge >= 0.3 is 0 Å². The zero-order valence-corrected chi connectivity index (χ0v) is 6.92. The molecule has 4 heteroatoms. The van der Waals surface area contributed by atoms with Crippen LogP contribution in [0.4, 0.5) is 0 Å². The Bertz CT molecular complexity index is 165. The Hall–Kier alpha value is -0.900. The third kappa shape index (κ3) is 3.72. The van der Waals surface area contributed by atoms with Crippen molar-refractivity contribution in [2.24, 2.45) is 5.92 Å². The molecule has 11 heavy (non-hydrogen) atoms. The molecule has 0 heterocycles. The molecule has 0 aromatic heterocycles. The normalized spacial score (nSPS) is 15.3. The summed E-state index contributed by atoms with van der Waals surface area (Å²) in [6, 6.07) is 0. The largest absolute Gasteiger partial charge is 0.374 e. The van der Waals surface area contributed by atoms with Gasteiger partial charge in [-0.3, -0.25) is 9.59 Å². The summed E-state index contributed by atoms with van der Waals surface area (Å²) in [5.74, 6) is -1.32. The van der Waals surface area contributed by atoms with Crippen LogP contribution < -0.4 is 5.32 Å². The summed E-state index contributed by atoms with van der Waals surface area (Å²) in [6.07, 6.45) is -0.899. The quantitative estimate of drug-likeness (QED) is 0.437. The van der Waals surface area contributed by atoms with E-state index < -0.39 is 18.1 Å². The molecule has 2 unspecified atom stereocenters. The van der Waals surface area contributed by atoms with E-state index >= 15 is 0 Å². The van der Waals surface area contributed by atoms with Crippen LogP contribution in [-0.4, -0.2) is 23.0 Å². The predicted octanol–water partition coefficient (Wildman–Crippen LogP) is -0.334. The van der Waals surface area contributed by atoms with Gasteiger partial charge in [-0.15, -0.1) is 0 Å². The highest BCUT2D eigenvalue weighted by Gasteiger charge is 2.17. The first-order valence-corrected chi connectivity index (χ1v) is 3.44. The number of aliphatic hydroxyl groups excluding tert-OH is 1. The van der Waals surface area contributed by atoms with E-state index in [0.717, 1.165) is 0 Å². The average Bonchev–Trinajstić information content (AvgIpc) is 1.84. The van der Waals surface area contributed by atoms with Crippen molar-refractivity contribution in [1.82, 2.24) is 5.32 Å². The van der Waals surface area contributed by atoms with Gasteiger partial charge in [0, 0.05) is 0 Å². The fraction of sp³-hybridized carbons (Fsp3) is 0.714. The van der Waals surface area contributed by atoms with Gasteiger partial charge in [0.15, 0.2) is 0 Å². The molecule has 0 aliphatic rings. The van der Waals surface area contributed by atoms with Gasteiger partial charge in [0.2, 0.25) is 5.91 Å². The van der Waals surface area contributed by atoms with Crippen LogP contribution in [0.2, 0.25) is 0 Å². The molecule has 2 atom stereocenters. The molecular weight excluding hydrogens is 146 g/mol. The number of carbonyl (C=O) groups excluding carboxylic acids is 2. The van der Waals surface area contributed by atoms with Gasteiger partial charge < -0.3 is 10.4 Å². The lowest BCUT2D eigenvalue weighted by Gasteiger charge is -2.10. The van der Waals surface area contributed by atoms with E-state index in [9.17, 15) is 9.59 Å². The summed E-state index contributed by atoms with van der Waals surface area (Å²) in [7, 11) is 0. The van der Waals surface area contributed by atoms with Crippen molar-refractivity contribution in [3.8, 4) is 0 Å². The highest BCUT2D eigenvalue weighted by atomic mass is 16.3. The lowest BCUT2D eigenvalue weighted by molar-refractivity contribution is -0.133. The van der Waals surface area contributed by atoms with Crippen LogP contribution in [0.1, 0.15) is 20.8 Å². The number of Topliss-reactive ketones (excluding diaryl/α,β-unsaturated/α-hetero) is 1. The number of amides is 1. The Kier molecular flexibility index (Phi) is 3.74. The Morgan fingerprint density at radius 3 is 2.09 bits per heavy atom. The number of ketones is 1. The van der Waals surface area contributed by atoms with Crippen LogP contribution in [0.15, 0.2) is 0 Å². The van der Waals surface area contributed by atoms with Crippen molar-refractivity contribution < 1.29 is 14.7 Å². The molecule has 0 aromatic carbocycles. The van der Waals surface area contributed by atoms with Gasteiger partial charge in [-0.25, -0.2) is 0 Å². The van der Waals surface area contributed by atoms with Crippen LogP contribution in [0.3, 0.4) is 0 Å². The molecule has 0 bridgehead atoms. The summed E-state index contributed by atoms with van der Waals surface area (Å²) in [5.41, 5.74) is 0. The molecule has 64 valence electrons. The topological polar surface area (TPSA) is 66.4 Å². The van der Waals surface area contributed by atoms with Crippen LogP contribution in [-0.2, 0) is 9.59 Å². The number of rotatable bonds is 3. The summed E-state index contributed by atoms with van der Waals surface area (Å²) < 4.78 is 0. The minimum absolute atomic E-state index is 0.205. The smallest absolute Gasteiger partial charge is 0.232 e. The predicted molar refractivity (Wildman–Crippen MR) is 39.7 cm³/mol. The molecule has 2 N–H and O–H groups in total. The van der Waals surface area contributed by atoms with E-state index in [4.69, 9.17) is 5.11 Å². The second kappa shape index (κ2) is 4.08. The third-order valence-corrected chi connectivity index (χ3v) is 1.35. The first-order valence-electron chi connectivity index (χ1n) is 3.44. The lowest BCUT2D eigenvalue weighted by atomic mass is 10.1. The fourth-order valence-corrected chi connectivity index (χ4v) is 0.515. The molecular formula is C7H13NO3. The van der Waals surface area contributed by atoms with E-state index in [0.29, 0.717) is 0 Å². The van der Waals surface area contributed by atoms with Gasteiger partial charge in [0.25, 0.3) is 0 Å². The molecule has 0 saturated heterocycles. The van der Waals surface area contributed by atoms with E-state index in [1.54, 1.807) is 0 Å². The molecule has 4 nitrogen and oxygen atoms in total. The van der Waals surface area contributed by atoms with Crippen molar-refractivity contribution in [3.05, 3.63) is 0 Å². The maximum atomic E-state index is 10.9. The minimum Gasteiger partial charge on any atom is -0.374 e. The SMILES string of the molecule is CC(=O)C(C)C(=O)NC(C)O. The van der Waals surface area contributed by atoms with Crippen LogP contribution in [0, 0.1) is 5.92 Å². The van der Waals surface area contributed by atoms with Crippen LogP contribution >= 0.6 is 0 Å². The first-order chi connectivity index (χ1) is 4.95. The van der Waals surface area contributed by atoms with E-state index in [1.807, 2.05) is 0 Å². The zero-order chi connectivity index (χ0) is 9.02. The van der Waals surface area contributed by atoms with Gasteiger partial charge in [-0.2, -0.15) is 0 Å². The minimum atomic E-state index is -0.899. The van der Waals surface area contributed by atoms with Crippen LogP contribution in [0.5, 0.6) is 0 Å². The second-order valence-corrected chi connectivity index (χ2v) is 2.52. The number of nitrogens with one attached hydrogen (secondary N) is 1. The Balaban J connectivity index is 3.93. The molecule has 0 aliphatic carbocycles. The molecule has 0 aliphatic heterocycles. The summed E-state index contributed by atoms with van der Waals surface area (Å²) in [6.45, 7) is 4.26. The third-order valence-electron chi connectivity index (χ3n) is 1.35. The summed E-state index contributed by atoms with van der Waals surface area (Å²) in [5, 5.41) is 10.9. The number of carbonyl (C=O) groups is 2. The Labute approximate surface area is 65.6 Å². The van der Waals surface area contributed by atoms with Crippen molar-refractivity contribution in [3.63, 3.8) is 0 Å². The Morgan fingerprint density at radius 1 is 1.36 bits per heavy atom. The molecule has 0 radical (unpaired) electrons. The van der Waals surface area contributed by atoms with E-state index in [2.05, 4.69) is 5.32 Å². The van der Waals surface area contributed by atoms with Crippen molar-refractivity contribution >= 4 is 11.7 Å². The highest BCUT2D eigenvalue weighted by Crippen LogP contribution is 1.95. The average molecular weight is 159 g/mol. The van der Waals surface area contributed by atoms with Crippen molar-refractivity contribution in [1.29, 1.82) is 0 Å². The first kappa shape index (κ1) is 10.1. The standard InChI is InChI=1S/C7H13NO3/c1-4(5(2)9)7(11)8-6(3)10/h4,6,10H,1-3H3,(H,8,11). The fourth-order valence-electron chi connectivity index (χ4n) is 0.515. The molecule has 0 rings (SSSR count). The molecule has 0 aromatic rings. The van der Waals surface area contributed by atoms with Gasteiger partial charge in [-0.1, -0.05) is 0 Å². The van der Waals surface area contributed by atoms with E-state index in [-0.39, 0.29) is 5.78 Å². The highest BCUT2D eigenvalue weighted by molar-refractivity contribution is 5.99.